The number of methoxy groups -OCH3 is 1. The summed E-state index contributed by atoms with van der Waals surface area (Å²) in [4.78, 5) is 0.115. The molecule has 3 aromatic rings. The van der Waals surface area contributed by atoms with Crippen LogP contribution in [0.25, 0.3) is 22.9 Å². The Labute approximate surface area is 157 Å². The number of rotatable bonds is 5. The minimum atomic E-state index is -3.64. The molecule has 2 aromatic carbocycles. The van der Waals surface area contributed by atoms with Gasteiger partial charge in [-0.15, -0.1) is 10.2 Å². The minimum absolute atomic E-state index is 0.115. The Balaban J connectivity index is 1.74. The van der Waals surface area contributed by atoms with E-state index < -0.39 is 10.0 Å². The van der Waals surface area contributed by atoms with Crippen molar-refractivity contribution in [2.24, 2.45) is 0 Å². The van der Waals surface area contributed by atoms with Gasteiger partial charge >= 0.3 is 0 Å². The smallest absolute Gasteiger partial charge is 0.248 e. The molecule has 1 saturated heterocycles. The molecule has 0 spiro atoms. The Morgan fingerprint density at radius 1 is 0.963 bits per heavy atom. The lowest BCUT2D eigenvalue weighted by atomic mass is 10.2. The maximum Gasteiger partial charge on any atom is 0.248 e. The van der Waals surface area contributed by atoms with Crippen molar-refractivity contribution >= 4 is 10.0 Å². The summed E-state index contributed by atoms with van der Waals surface area (Å²) in [6.07, 6.45) is 1.73. The molecule has 1 aromatic heterocycles. The summed E-state index contributed by atoms with van der Waals surface area (Å²) in [7, 11) is -2.18. The quantitative estimate of drug-likeness (QED) is 0.670. The van der Waals surface area contributed by atoms with Gasteiger partial charge in [-0.2, -0.15) is 4.31 Å². The molecule has 140 valence electrons. The summed E-state index contributed by atoms with van der Waals surface area (Å²) in [5, 5.41) is 8.14. The molecule has 0 unspecified atom stereocenters. The lowest BCUT2D eigenvalue weighted by Gasteiger charge is -2.18. The molecule has 0 radical (unpaired) electrons. The molecule has 1 fully saturated rings. The van der Waals surface area contributed by atoms with Crippen molar-refractivity contribution < 1.29 is 17.6 Å². The van der Waals surface area contributed by atoms with Crippen molar-refractivity contribution in [1.29, 1.82) is 0 Å². The minimum Gasteiger partial charge on any atom is -0.495 e. The van der Waals surface area contributed by atoms with E-state index in [4.69, 9.17) is 9.15 Å². The van der Waals surface area contributed by atoms with E-state index in [9.17, 15) is 8.42 Å². The number of nitrogens with zero attached hydrogens (tertiary/aromatic N) is 3. The fraction of sp³-hybridized carbons (Fsp3) is 0.263. The van der Waals surface area contributed by atoms with Crippen LogP contribution in [0.5, 0.6) is 5.75 Å². The second-order valence-electron chi connectivity index (χ2n) is 6.26. The first kappa shape index (κ1) is 17.7. The summed E-state index contributed by atoms with van der Waals surface area (Å²) in [5.41, 5.74) is 1.33. The van der Waals surface area contributed by atoms with Crippen LogP contribution in [0, 0.1) is 0 Å². The Kier molecular flexibility index (Phi) is 4.67. The molecule has 27 heavy (non-hydrogen) atoms. The Hall–Kier alpha value is -2.71. The average Bonchev–Trinajstić information content (AvgIpc) is 3.40. The van der Waals surface area contributed by atoms with Crippen LogP contribution in [-0.2, 0) is 10.0 Å². The third kappa shape index (κ3) is 3.33. The SMILES string of the molecule is COc1ccc(-c2nnc(-c3ccccc3)o2)cc1S(=O)(=O)N1CCCC1. The van der Waals surface area contributed by atoms with E-state index in [1.54, 1.807) is 12.1 Å². The number of hydrogen-bond donors (Lipinski definition) is 0. The zero-order valence-corrected chi connectivity index (χ0v) is 15.6. The second kappa shape index (κ2) is 7.13. The van der Waals surface area contributed by atoms with Crippen LogP contribution in [0.3, 0.4) is 0 Å². The largest absolute Gasteiger partial charge is 0.495 e. The summed E-state index contributed by atoms with van der Waals surface area (Å²) in [6.45, 7) is 1.04. The van der Waals surface area contributed by atoms with Gasteiger partial charge in [0, 0.05) is 24.2 Å². The van der Waals surface area contributed by atoms with Gasteiger partial charge in [-0.1, -0.05) is 18.2 Å². The molecular weight excluding hydrogens is 366 g/mol. The van der Waals surface area contributed by atoms with Gasteiger partial charge in [-0.05, 0) is 43.2 Å². The van der Waals surface area contributed by atoms with Gasteiger partial charge in [-0.25, -0.2) is 8.42 Å². The van der Waals surface area contributed by atoms with Gasteiger partial charge in [0.15, 0.2) is 0 Å². The molecule has 0 N–H and O–H groups in total. The highest BCUT2D eigenvalue weighted by Crippen LogP contribution is 2.33. The Morgan fingerprint density at radius 2 is 1.63 bits per heavy atom. The zero-order valence-electron chi connectivity index (χ0n) is 14.8. The molecule has 0 saturated carbocycles. The van der Waals surface area contributed by atoms with Crippen molar-refractivity contribution in [1.82, 2.24) is 14.5 Å². The normalized spacial score (nSPS) is 15.1. The predicted molar refractivity (Wildman–Crippen MR) is 99.7 cm³/mol. The molecule has 0 amide bonds. The zero-order chi connectivity index (χ0) is 18.9. The van der Waals surface area contributed by atoms with Gasteiger partial charge in [0.25, 0.3) is 0 Å². The van der Waals surface area contributed by atoms with Gasteiger partial charge in [0.05, 0.1) is 7.11 Å². The maximum atomic E-state index is 13.0. The van der Waals surface area contributed by atoms with E-state index in [1.807, 2.05) is 30.3 Å². The highest BCUT2D eigenvalue weighted by Gasteiger charge is 2.30. The number of hydrogen-bond acceptors (Lipinski definition) is 6. The first-order chi connectivity index (χ1) is 13.1. The third-order valence-electron chi connectivity index (χ3n) is 4.54. The van der Waals surface area contributed by atoms with Crippen LogP contribution in [0.4, 0.5) is 0 Å². The first-order valence-corrected chi connectivity index (χ1v) is 10.1. The number of ether oxygens (including phenoxy) is 1. The highest BCUT2D eigenvalue weighted by atomic mass is 32.2. The molecule has 0 bridgehead atoms. The van der Waals surface area contributed by atoms with E-state index in [-0.39, 0.29) is 10.8 Å². The number of aromatic nitrogens is 2. The van der Waals surface area contributed by atoms with Gasteiger partial charge in [-0.3, -0.25) is 0 Å². The molecule has 4 rings (SSSR count). The summed E-state index contributed by atoms with van der Waals surface area (Å²) in [6, 6.07) is 14.3. The van der Waals surface area contributed by atoms with Gasteiger partial charge in [0.1, 0.15) is 10.6 Å². The molecule has 1 aliphatic heterocycles. The van der Waals surface area contributed by atoms with E-state index in [0.29, 0.717) is 30.3 Å². The monoisotopic (exact) mass is 385 g/mol. The molecule has 7 nitrogen and oxygen atoms in total. The standard InChI is InChI=1S/C19H19N3O4S/c1-25-16-10-9-15(13-17(16)27(23,24)22-11-5-6-12-22)19-21-20-18(26-19)14-7-3-2-4-8-14/h2-4,7-10,13H,5-6,11-12H2,1H3. The number of sulfonamides is 1. The fourth-order valence-corrected chi connectivity index (χ4v) is 4.81. The van der Waals surface area contributed by atoms with Gasteiger partial charge < -0.3 is 9.15 Å². The first-order valence-electron chi connectivity index (χ1n) is 8.67. The van der Waals surface area contributed by atoms with E-state index in [0.717, 1.165) is 18.4 Å². The van der Waals surface area contributed by atoms with Gasteiger partial charge in [0.2, 0.25) is 21.8 Å². The average molecular weight is 385 g/mol. The van der Waals surface area contributed by atoms with E-state index >= 15 is 0 Å². The molecular formula is C19H19N3O4S. The molecule has 8 heteroatoms. The summed E-state index contributed by atoms with van der Waals surface area (Å²) in [5.74, 6) is 0.938. The van der Waals surface area contributed by atoms with Crippen LogP contribution in [-0.4, -0.2) is 43.1 Å². The molecule has 0 aliphatic carbocycles. The summed E-state index contributed by atoms with van der Waals surface area (Å²) < 4.78 is 38.5. The lowest BCUT2D eigenvalue weighted by molar-refractivity contribution is 0.398. The van der Waals surface area contributed by atoms with Crippen molar-refractivity contribution in [2.75, 3.05) is 20.2 Å². The molecule has 2 heterocycles. The number of benzene rings is 2. The maximum absolute atomic E-state index is 13.0. The van der Waals surface area contributed by atoms with Crippen LogP contribution in [0.1, 0.15) is 12.8 Å². The Bertz CT molecular complexity index is 1040. The Morgan fingerprint density at radius 3 is 2.30 bits per heavy atom. The topological polar surface area (TPSA) is 85.5 Å². The fourth-order valence-electron chi connectivity index (χ4n) is 3.12. The third-order valence-corrected chi connectivity index (χ3v) is 6.46. The van der Waals surface area contributed by atoms with Crippen molar-refractivity contribution in [3.05, 3.63) is 48.5 Å². The van der Waals surface area contributed by atoms with Crippen molar-refractivity contribution in [2.45, 2.75) is 17.7 Å². The van der Waals surface area contributed by atoms with E-state index in [1.165, 1.54) is 17.5 Å². The van der Waals surface area contributed by atoms with Crippen LogP contribution >= 0.6 is 0 Å². The lowest BCUT2D eigenvalue weighted by Crippen LogP contribution is -2.28. The van der Waals surface area contributed by atoms with Crippen LogP contribution < -0.4 is 4.74 Å². The molecule has 0 atom stereocenters. The van der Waals surface area contributed by atoms with E-state index in [2.05, 4.69) is 10.2 Å². The van der Waals surface area contributed by atoms with Crippen molar-refractivity contribution in [3.63, 3.8) is 0 Å². The highest BCUT2D eigenvalue weighted by molar-refractivity contribution is 7.89. The van der Waals surface area contributed by atoms with Crippen molar-refractivity contribution in [3.8, 4) is 28.7 Å². The molecule has 1 aliphatic rings. The predicted octanol–water partition coefficient (Wildman–Crippen LogP) is 3.20. The second-order valence-corrected chi connectivity index (χ2v) is 8.16. The summed E-state index contributed by atoms with van der Waals surface area (Å²) >= 11 is 0. The van der Waals surface area contributed by atoms with Crippen LogP contribution in [0.15, 0.2) is 57.8 Å². The van der Waals surface area contributed by atoms with Crippen LogP contribution in [0.2, 0.25) is 0 Å².